The Morgan fingerprint density at radius 3 is 2.56 bits per heavy atom. The first-order chi connectivity index (χ1) is 16.3. The number of hydrogen-bond acceptors (Lipinski definition) is 4. The molecule has 34 heavy (non-hydrogen) atoms. The maximum absolute atomic E-state index is 13.2. The van der Waals surface area contributed by atoms with E-state index in [1.54, 1.807) is 24.4 Å². The van der Waals surface area contributed by atoms with Crippen molar-refractivity contribution in [1.82, 2.24) is 14.9 Å². The standard InChI is InChI=1S/C26H19ClN4O3/c1-15-11-18(16(2)30(15)21-8-9-23-17(12-21)5-4-10-28-23)13-22-24(32)29-26(34)31(25(22)33)20-7-3-6-19(27)14-20/h3-14H,1-2H3,(H,29,32,34)/b22-13+. The summed E-state index contributed by atoms with van der Waals surface area (Å²) in [5, 5.41) is 3.62. The molecule has 0 spiro atoms. The summed E-state index contributed by atoms with van der Waals surface area (Å²) in [5.74, 6) is -1.45. The molecule has 1 fully saturated rings. The van der Waals surface area contributed by atoms with Crippen molar-refractivity contribution in [3.8, 4) is 5.69 Å². The third kappa shape index (κ3) is 3.66. The number of benzene rings is 2. The molecule has 0 atom stereocenters. The van der Waals surface area contributed by atoms with Gasteiger partial charge in [0.15, 0.2) is 0 Å². The highest BCUT2D eigenvalue weighted by Gasteiger charge is 2.37. The number of hydrogen-bond donors (Lipinski definition) is 1. The summed E-state index contributed by atoms with van der Waals surface area (Å²) in [6.45, 7) is 3.87. The van der Waals surface area contributed by atoms with Crippen LogP contribution in [0, 0.1) is 13.8 Å². The van der Waals surface area contributed by atoms with E-state index < -0.39 is 17.8 Å². The van der Waals surface area contributed by atoms with Gasteiger partial charge < -0.3 is 4.57 Å². The SMILES string of the molecule is Cc1cc(/C=C2\C(=O)NC(=O)N(c3cccc(Cl)c3)C2=O)c(C)n1-c1ccc2ncccc2c1. The predicted octanol–water partition coefficient (Wildman–Crippen LogP) is 4.96. The van der Waals surface area contributed by atoms with Gasteiger partial charge in [0.05, 0.1) is 11.2 Å². The molecule has 5 rings (SSSR count). The zero-order valence-corrected chi connectivity index (χ0v) is 19.1. The number of carbonyl (C=O) groups is 3. The van der Waals surface area contributed by atoms with Gasteiger partial charge in [0.2, 0.25) is 0 Å². The Bertz CT molecular complexity index is 1540. The summed E-state index contributed by atoms with van der Waals surface area (Å²) in [4.78, 5) is 43.5. The number of nitrogens with one attached hydrogen (secondary N) is 1. The van der Waals surface area contributed by atoms with Crippen molar-refractivity contribution in [2.24, 2.45) is 0 Å². The maximum atomic E-state index is 13.2. The second-order valence-electron chi connectivity index (χ2n) is 7.98. The van der Waals surface area contributed by atoms with Crippen LogP contribution in [0.2, 0.25) is 5.02 Å². The molecule has 0 bridgehead atoms. The number of urea groups is 1. The number of anilines is 1. The van der Waals surface area contributed by atoms with E-state index in [9.17, 15) is 14.4 Å². The summed E-state index contributed by atoms with van der Waals surface area (Å²) in [6.07, 6.45) is 3.27. The van der Waals surface area contributed by atoms with Crippen LogP contribution in [0.5, 0.6) is 0 Å². The molecule has 1 aliphatic heterocycles. The third-order valence-electron chi connectivity index (χ3n) is 5.78. The van der Waals surface area contributed by atoms with Gasteiger partial charge in [-0.2, -0.15) is 0 Å². The van der Waals surface area contributed by atoms with Crippen LogP contribution in [-0.2, 0) is 9.59 Å². The molecule has 0 saturated carbocycles. The number of barbiturate groups is 1. The summed E-state index contributed by atoms with van der Waals surface area (Å²) in [6, 6.07) is 17.3. The fourth-order valence-electron chi connectivity index (χ4n) is 4.20. The average molecular weight is 471 g/mol. The lowest BCUT2D eigenvalue weighted by Gasteiger charge is -2.26. The molecule has 2 aromatic heterocycles. The minimum atomic E-state index is -0.815. The van der Waals surface area contributed by atoms with E-state index >= 15 is 0 Å². The molecule has 2 aromatic carbocycles. The Morgan fingerprint density at radius 2 is 1.76 bits per heavy atom. The number of fused-ring (bicyclic) bond motifs is 1. The molecule has 7 nitrogen and oxygen atoms in total. The molecule has 4 aromatic rings. The second-order valence-corrected chi connectivity index (χ2v) is 8.42. The van der Waals surface area contributed by atoms with Crippen molar-refractivity contribution in [2.75, 3.05) is 4.90 Å². The lowest BCUT2D eigenvalue weighted by molar-refractivity contribution is -0.122. The fraction of sp³-hybridized carbons (Fsp3) is 0.0769. The van der Waals surface area contributed by atoms with Gasteiger partial charge in [0.25, 0.3) is 11.8 Å². The zero-order valence-electron chi connectivity index (χ0n) is 18.4. The predicted molar refractivity (Wildman–Crippen MR) is 131 cm³/mol. The van der Waals surface area contributed by atoms with Crippen LogP contribution in [0.3, 0.4) is 0 Å². The number of halogens is 1. The van der Waals surface area contributed by atoms with E-state index in [4.69, 9.17) is 11.6 Å². The molecule has 1 N–H and O–H groups in total. The minimum absolute atomic E-state index is 0.137. The quantitative estimate of drug-likeness (QED) is 0.338. The van der Waals surface area contributed by atoms with Gasteiger partial charge >= 0.3 is 6.03 Å². The number of amides is 4. The fourth-order valence-corrected chi connectivity index (χ4v) is 4.38. The van der Waals surface area contributed by atoms with Crippen LogP contribution in [0.15, 0.2) is 72.4 Å². The van der Waals surface area contributed by atoms with Crippen molar-refractivity contribution in [2.45, 2.75) is 13.8 Å². The number of imide groups is 2. The van der Waals surface area contributed by atoms with Gasteiger partial charge in [0, 0.05) is 33.7 Å². The first-order valence-corrected chi connectivity index (χ1v) is 10.9. The maximum Gasteiger partial charge on any atom is 0.335 e. The summed E-state index contributed by atoms with van der Waals surface area (Å²) >= 11 is 6.03. The first kappa shape index (κ1) is 21.6. The number of pyridine rings is 1. The Kier molecular flexibility index (Phi) is 5.26. The Balaban J connectivity index is 1.57. The lowest BCUT2D eigenvalue weighted by atomic mass is 10.1. The van der Waals surface area contributed by atoms with E-state index in [0.29, 0.717) is 10.6 Å². The van der Waals surface area contributed by atoms with Crippen LogP contribution >= 0.6 is 11.6 Å². The van der Waals surface area contributed by atoms with Gasteiger partial charge in [-0.25, -0.2) is 9.69 Å². The monoisotopic (exact) mass is 470 g/mol. The Hall–Kier alpha value is -4.23. The third-order valence-corrected chi connectivity index (χ3v) is 6.02. The van der Waals surface area contributed by atoms with E-state index in [-0.39, 0.29) is 11.3 Å². The van der Waals surface area contributed by atoms with E-state index in [0.717, 1.165) is 32.9 Å². The van der Waals surface area contributed by atoms with Crippen LogP contribution in [0.25, 0.3) is 22.7 Å². The summed E-state index contributed by atoms with van der Waals surface area (Å²) < 4.78 is 2.05. The van der Waals surface area contributed by atoms with Gasteiger partial charge in [-0.15, -0.1) is 0 Å². The number of aromatic nitrogens is 2. The van der Waals surface area contributed by atoms with Crippen molar-refractivity contribution in [1.29, 1.82) is 0 Å². The molecule has 1 aliphatic rings. The minimum Gasteiger partial charge on any atom is -0.318 e. The van der Waals surface area contributed by atoms with E-state index in [2.05, 4.69) is 10.3 Å². The van der Waals surface area contributed by atoms with Crippen LogP contribution in [-0.4, -0.2) is 27.4 Å². The van der Waals surface area contributed by atoms with Crippen LogP contribution < -0.4 is 10.2 Å². The van der Waals surface area contributed by atoms with Crippen LogP contribution in [0.1, 0.15) is 17.0 Å². The molecule has 168 valence electrons. The van der Waals surface area contributed by atoms with Gasteiger partial charge in [0.1, 0.15) is 5.57 Å². The number of carbonyl (C=O) groups excluding carboxylic acids is 3. The number of nitrogens with zero attached hydrogens (tertiary/aromatic N) is 3. The van der Waals surface area contributed by atoms with E-state index in [1.807, 2.05) is 54.8 Å². The summed E-state index contributed by atoms with van der Waals surface area (Å²) in [5.41, 5.74) is 4.45. The average Bonchev–Trinajstić information content (AvgIpc) is 3.09. The van der Waals surface area contributed by atoms with E-state index in [1.165, 1.54) is 12.1 Å². The van der Waals surface area contributed by atoms with Gasteiger partial charge in [-0.3, -0.25) is 19.9 Å². The molecule has 0 aliphatic carbocycles. The first-order valence-electron chi connectivity index (χ1n) is 10.5. The number of rotatable bonds is 3. The van der Waals surface area contributed by atoms with Crippen molar-refractivity contribution < 1.29 is 14.4 Å². The molecular formula is C26H19ClN4O3. The van der Waals surface area contributed by atoms with Crippen molar-refractivity contribution in [3.05, 3.63) is 94.4 Å². The molecule has 1 saturated heterocycles. The molecule has 8 heteroatoms. The van der Waals surface area contributed by atoms with Crippen molar-refractivity contribution in [3.63, 3.8) is 0 Å². The topological polar surface area (TPSA) is 84.3 Å². The Morgan fingerprint density at radius 1 is 0.941 bits per heavy atom. The highest BCUT2D eigenvalue weighted by atomic mass is 35.5. The molecule has 0 radical (unpaired) electrons. The molecule has 3 heterocycles. The van der Waals surface area contributed by atoms with Gasteiger partial charge in [-0.05, 0) is 74.0 Å². The molecule has 0 unspecified atom stereocenters. The van der Waals surface area contributed by atoms with Crippen LogP contribution in [0.4, 0.5) is 10.5 Å². The molecular weight excluding hydrogens is 452 g/mol. The summed E-state index contributed by atoms with van der Waals surface area (Å²) in [7, 11) is 0. The number of aryl methyl sites for hydroxylation is 1. The lowest BCUT2D eigenvalue weighted by Crippen LogP contribution is -2.54. The van der Waals surface area contributed by atoms with Crippen molar-refractivity contribution >= 4 is 52.1 Å². The second kappa shape index (κ2) is 8.28. The normalized spacial score (nSPS) is 15.3. The Labute approximate surface area is 200 Å². The van der Waals surface area contributed by atoms with Gasteiger partial charge in [-0.1, -0.05) is 23.7 Å². The highest BCUT2D eigenvalue weighted by Crippen LogP contribution is 2.28. The zero-order chi connectivity index (χ0) is 24.0. The highest BCUT2D eigenvalue weighted by molar-refractivity contribution is 6.39. The smallest absolute Gasteiger partial charge is 0.318 e. The largest absolute Gasteiger partial charge is 0.335 e. The molecule has 4 amide bonds.